The zero-order valence-electron chi connectivity index (χ0n) is 11.1. The van der Waals surface area contributed by atoms with Crippen LogP contribution in [0.3, 0.4) is 0 Å². The van der Waals surface area contributed by atoms with Gasteiger partial charge in [-0.25, -0.2) is 0 Å². The third-order valence-electron chi connectivity index (χ3n) is 3.52. The van der Waals surface area contributed by atoms with Gasteiger partial charge in [-0.05, 0) is 56.0 Å². The summed E-state index contributed by atoms with van der Waals surface area (Å²) in [6, 6.07) is 7.87. The molecule has 3 nitrogen and oxygen atoms in total. The third-order valence-corrected chi connectivity index (χ3v) is 3.52. The Morgan fingerprint density at radius 1 is 1.28 bits per heavy atom. The molecule has 1 fully saturated rings. The summed E-state index contributed by atoms with van der Waals surface area (Å²) in [5, 5.41) is 13.7. The first-order valence-electron chi connectivity index (χ1n) is 6.93. The van der Waals surface area contributed by atoms with Crippen molar-refractivity contribution in [3.63, 3.8) is 0 Å². The van der Waals surface area contributed by atoms with Gasteiger partial charge in [0.2, 0.25) is 0 Å². The van der Waals surface area contributed by atoms with Crippen LogP contribution in [-0.4, -0.2) is 24.8 Å². The molecule has 0 aromatic heterocycles. The highest BCUT2D eigenvalue weighted by molar-refractivity contribution is 5.28. The van der Waals surface area contributed by atoms with Gasteiger partial charge in [-0.1, -0.05) is 19.1 Å². The Labute approximate surface area is 109 Å². The Morgan fingerprint density at radius 2 is 1.94 bits per heavy atom. The molecule has 0 radical (unpaired) electrons. The van der Waals surface area contributed by atoms with Crippen molar-refractivity contribution in [3.05, 3.63) is 29.8 Å². The standard InChI is InChI=1S/C15H23NO2/c1-2-11-18-14-5-3-12(4-6-14)15(17)13-7-9-16-10-8-13/h3-6,13,15-17H,2,7-11H2,1H3. The Balaban J connectivity index is 1.95. The first-order valence-corrected chi connectivity index (χ1v) is 6.93. The summed E-state index contributed by atoms with van der Waals surface area (Å²) in [6.07, 6.45) is 2.77. The van der Waals surface area contributed by atoms with Gasteiger partial charge in [0.15, 0.2) is 0 Å². The Morgan fingerprint density at radius 3 is 2.56 bits per heavy atom. The molecule has 2 rings (SSSR count). The largest absolute Gasteiger partial charge is 0.494 e. The van der Waals surface area contributed by atoms with Crippen LogP contribution in [0.25, 0.3) is 0 Å². The summed E-state index contributed by atoms with van der Waals surface area (Å²) in [7, 11) is 0. The molecule has 1 aliphatic rings. The molecule has 18 heavy (non-hydrogen) atoms. The van der Waals surface area contributed by atoms with Gasteiger partial charge in [0.25, 0.3) is 0 Å². The van der Waals surface area contributed by atoms with Crippen LogP contribution in [0.1, 0.15) is 37.9 Å². The molecule has 1 aliphatic heterocycles. The smallest absolute Gasteiger partial charge is 0.119 e. The van der Waals surface area contributed by atoms with E-state index < -0.39 is 0 Å². The molecule has 0 aliphatic carbocycles. The van der Waals surface area contributed by atoms with Gasteiger partial charge >= 0.3 is 0 Å². The average molecular weight is 249 g/mol. The van der Waals surface area contributed by atoms with Crippen LogP contribution in [0.15, 0.2) is 24.3 Å². The fourth-order valence-corrected chi connectivity index (χ4v) is 2.41. The summed E-state index contributed by atoms with van der Waals surface area (Å²) in [5.41, 5.74) is 1.01. The molecule has 1 saturated heterocycles. The lowest BCUT2D eigenvalue weighted by Gasteiger charge is -2.27. The van der Waals surface area contributed by atoms with Crippen molar-refractivity contribution in [1.82, 2.24) is 5.32 Å². The van der Waals surface area contributed by atoms with Gasteiger partial charge in [-0.2, -0.15) is 0 Å². The molecule has 1 heterocycles. The van der Waals surface area contributed by atoms with Crippen LogP contribution in [0.2, 0.25) is 0 Å². The summed E-state index contributed by atoms with van der Waals surface area (Å²) in [6.45, 7) is 4.87. The minimum absolute atomic E-state index is 0.340. The van der Waals surface area contributed by atoms with Gasteiger partial charge in [0.05, 0.1) is 12.7 Å². The minimum Gasteiger partial charge on any atom is -0.494 e. The number of ether oxygens (including phenoxy) is 1. The summed E-state index contributed by atoms with van der Waals surface area (Å²) >= 11 is 0. The van der Waals surface area contributed by atoms with Crippen LogP contribution in [0.4, 0.5) is 0 Å². The van der Waals surface area contributed by atoms with Crippen LogP contribution >= 0.6 is 0 Å². The van der Waals surface area contributed by atoms with E-state index in [1.54, 1.807) is 0 Å². The molecule has 1 atom stereocenters. The maximum absolute atomic E-state index is 10.3. The van der Waals surface area contributed by atoms with Crippen LogP contribution in [0, 0.1) is 5.92 Å². The number of benzene rings is 1. The summed E-state index contributed by atoms with van der Waals surface area (Å²) < 4.78 is 5.54. The first kappa shape index (κ1) is 13.4. The molecule has 0 amide bonds. The topological polar surface area (TPSA) is 41.5 Å². The predicted molar refractivity (Wildman–Crippen MR) is 72.8 cm³/mol. The molecule has 3 heteroatoms. The summed E-state index contributed by atoms with van der Waals surface area (Å²) in [5.74, 6) is 1.27. The van der Waals surface area contributed by atoms with Crippen molar-refractivity contribution < 1.29 is 9.84 Å². The number of hydrogen-bond donors (Lipinski definition) is 2. The van der Waals surface area contributed by atoms with E-state index in [1.165, 1.54) is 0 Å². The zero-order valence-corrected chi connectivity index (χ0v) is 11.1. The highest BCUT2D eigenvalue weighted by atomic mass is 16.5. The predicted octanol–water partition coefficient (Wildman–Crippen LogP) is 2.51. The molecule has 0 spiro atoms. The number of aliphatic hydroxyl groups is 1. The van der Waals surface area contributed by atoms with E-state index >= 15 is 0 Å². The number of nitrogens with one attached hydrogen (secondary N) is 1. The lowest BCUT2D eigenvalue weighted by Crippen LogP contribution is -2.30. The van der Waals surface area contributed by atoms with Crippen molar-refractivity contribution in [2.24, 2.45) is 5.92 Å². The van der Waals surface area contributed by atoms with Crippen LogP contribution in [0.5, 0.6) is 5.75 Å². The molecule has 1 unspecified atom stereocenters. The monoisotopic (exact) mass is 249 g/mol. The second-order valence-corrected chi connectivity index (χ2v) is 4.95. The number of rotatable bonds is 5. The number of piperidine rings is 1. The van der Waals surface area contributed by atoms with Gasteiger partial charge in [-0.3, -0.25) is 0 Å². The second-order valence-electron chi connectivity index (χ2n) is 4.95. The van der Waals surface area contributed by atoms with Crippen molar-refractivity contribution >= 4 is 0 Å². The Hall–Kier alpha value is -1.06. The van der Waals surface area contributed by atoms with Crippen molar-refractivity contribution in [2.75, 3.05) is 19.7 Å². The fraction of sp³-hybridized carbons (Fsp3) is 0.600. The van der Waals surface area contributed by atoms with E-state index in [1.807, 2.05) is 24.3 Å². The van der Waals surface area contributed by atoms with E-state index in [4.69, 9.17) is 4.74 Å². The van der Waals surface area contributed by atoms with Gasteiger partial charge in [0, 0.05) is 0 Å². The highest BCUT2D eigenvalue weighted by Crippen LogP contribution is 2.29. The maximum Gasteiger partial charge on any atom is 0.119 e. The Bertz CT molecular complexity index is 344. The summed E-state index contributed by atoms with van der Waals surface area (Å²) in [4.78, 5) is 0. The van der Waals surface area contributed by atoms with E-state index in [-0.39, 0.29) is 6.10 Å². The molecular formula is C15H23NO2. The molecule has 0 saturated carbocycles. The van der Waals surface area contributed by atoms with Crippen molar-refractivity contribution in [3.8, 4) is 5.75 Å². The van der Waals surface area contributed by atoms with Crippen molar-refractivity contribution in [2.45, 2.75) is 32.3 Å². The lowest BCUT2D eigenvalue weighted by atomic mass is 9.88. The van der Waals surface area contributed by atoms with Gasteiger partial charge < -0.3 is 15.2 Å². The lowest BCUT2D eigenvalue weighted by molar-refractivity contribution is 0.0889. The van der Waals surface area contributed by atoms with Crippen LogP contribution in [-0.2, 0) is 0 Å². The third kappa shape index (κ3) is 3.47. The molecule has 100 valence electrons. The first-order chi connectivity index (χ1) is 8.81. The zero-order chi connectivity index (χ0) is 12.8. The molecule has 1 aromatic rings. The number of hydrogen-bond acceptors (Lipinski definition) is 3. The van der Waals surface area contributed by atoms with Crippen LogP contribution < -0.4 is 10.1 Å². The molecule has 1 aromatic carbocycles. The molecule has 0 bridgehead atoms. The minimum atomic E-state index is -0.340. The second kappa shape index (κ2) is 6.76. The van der Waals surface area contributed by atoms with Gasteiger partial charge in [0.1, 0.15) is 5.75 Å². The van der Waals surface area contributed by atoms with Crippen molar-refractivity contribution in [1.29, 1.82) is 0 Å². The van der Waals surface area contributed by atoms with E-state index in [2.05, 4.69) is 12.2 Å². The SMILES string of the molecule is CCCOc1ccc(C(O)C2CCNCC2)cc1. The van der Waals surface area contributed by atoms with Gasteiger partial charge in [-0.15, -0.1) is 0 Å². The normalized spacial score (nSPS) is 18.6. The Kier molecular flexibility index (Phi) is 5.02. The highest BCUT2D eigenvalue weighted by Gasteiger charge is 2.22. The number of aliphatic hydroxyl groups excluding tert-OH is 1. The average Bonchev–Trinajstić information content (AvgIpc) is 2.46. The van der Waals surface area contributed by atoms with E-state index in [9.17, 15) is 5.11 Å². The van der Waals surface area contributed by atoms with E-state index in [0.29, 0.717) is 5.92 Å². The fourth-order valence-electron chi connectivity index (χ4n) is 2.41. The van der Waals surface area contributed by atoms with E-state index in [0.717, 1.165) is 50.3 Å². The maximum atomic E-state index is 10.3. The molecular weight excluding hydrogens is 226 g/mol. The quantitative estimate of drug-likeness (QED) is 0.842. The molecule has 2 N–H and O–H groups in total.